The van der Waals surface area contributed by atoms with Crippen LogP contribution in [-0.2, 0) is 21.8 Å². The van der Waals surface area contributed by atoms with Gasteiger partial charge >= 0.3 is 5.97 Å². The van der Waals surface area contributed by atoms with Crippen molar-refractivity contribution in [1.82, 2.24) is 9.36 Å². The number of para-hydroxylation sites is 1. The standard InChI is InChI=1S/C30H30ClN3O9S/c1-18-27(29(36)34(32(18)2)20-10-8-7-9-11-20)33(3)44(38,39)21-12-13-23(31)22(16-21)30(37)43-17-24(35)19-14-25(40-4)28(42-6)26(15-19)41-5/h7-16H,17H2,1-6H3. The van der Waals surface area contributed by atoms with Crippen molar-refractivity contribution in [3.63, 3.8) is 0 Å². The molecule has 0 amide bonds. The van der Waals surface area contributed by atoms with E-state index in [1.165, 1.54) is 57.3 Å². The number of rotatable bonds is 11. The normalized spacial score (nSPS) is 11.2. The van der Waals surface area contributed by atoms with Crippen molar-refractivity contribution < 1.29 is 37.0 Å². The lowest BCUT2D eigenvalue weighted by atomic mass is 10.1. The quantitative estimate of drug-likeness (QED) is 0.175. The second-order valence-electron chi connectivity index (χ2n) is 9.44. The number of hydrogen-bond acceptors (Lipinski definition) is 9. The number of ketones is 1. The number of carbonyl (C=O) groups excluding carboxylic acids is 2. The highest BCUT2D eigenvalue weighted by molar-refractivity contribution is 7.92. The van der Waals surface area contributed by atoms with Crippen LogP contribution in [0, 0.1) is 6.92 Å². The van der Waals surface area contributed by atoms with E-state index in [1.807, 2.05) is 0 Å². The third-order valence-electron chi connectivity index (χ3n) is 6.98. The fourth-order valence-corrected chi connectivity index (χ4v) is 6.02. The lowest BCUT2D eigenvalue weighted by Crippen LogP contribution is -2.32. The van der Waals surface area contributed by atoms with Crippen LogP contribution >= 0.6 is 11.6 Å². The van der Waals surface area contributed by atoms with E-state index in [9.17, 15) is 22.8 Å². The summed E-state index contributed by atoms with van der Waals surface area (Å²) in [4.78, 5) is 39.0. The SMILES string of the molecule is COc1cc(C(=O)COC(=O)c2cc(S(=O)(=O)N(C)c3c(C)n(C)n(-c4ccccc4)c3=O)ccc2Cl)cc(OC)c1OC. The maximum Gasteiger partial charge on any atom is 0.340 e. The molecular weight excluding hydrogens is 614 g/mol. The summed E-state index contributed by atoms with van der Waals surface area (Å²) in [6.07, 6.45) is 0. The minimum Gasteiger partial charge on any atom is -0.493 e. The van der Waals surface area contributed by atoms with Crippen molar-refractivity contribution >= 4 is 39.1 Å². The van der Waals surface area contributed by atoms with Crippen LogP contribution in [0.15, 0.2) is 70.4 Å². The zero-order valence-electron chi connectivity index (χ0n) is 24.8. The van der Waals surface area contributed by atoms with Gasteiger partial charge in [0.15, 0.2) is 18.1 Å². The van der Waals surface area contributed by atoms with Gasteiger partial charge in [-0.1, -0.05) is 29.8 Å². The largest absolute Gasteiger partial charge is 0.493 e. The maximum atomic E-state index is 13.7. The summed E-state index contributed by atoms with van der Waals surface area (Å²) in [7, 11) is 2.73. The molecule has 12 nitrogen and oxygen atoms in total. The molecule has 0 bridgehead atoms. The minimum absolute atomic E-state index is 0.0774. The first-order valence-corrected chi connectivity index (χ1v) is 14.8. The topological polar surface area (TPSA) is 135 Å². The van der Waals surface area contributed by atoms with Gasteiger partial charge in [0.25, 0.3) is 15.6 Å². The van der Waals surface area contributed by atoms with Crippen molar-refractivity contribution in [3.05, 3.63) is 92.9 Å². The van der Waals surface area contributed by atoms with E-state index in [1.54, 1.807) is 49.0 Å². The van der Waals surface area contributed by atoms with Gasteiger partial charge in [-0.2, -0.15) is 0 Å². The van der Waals surface area contributed by atoms with Gasteiger partial charge in [0.1, 0.15) is 5.69 Å². The average molecular weight is 644 g/mol. The van der Waals surface area contributed by atoms with Crippen LogP contribution in [0.3, 0.4) is 0 Å². The van der Waals surface area contributed by atoms with Crippen LogP contribution in [0.25, 0.3) is 5.69 Å². The molecular formula is C30H30ClN3O9S. The Kier molecular flexibility index (Phi) is 9.40. The van der Waals surface area contributed by atoms with Gasteiger partial charge in [0.2, 0.25) is 11.5 Å². The molecule has 0 saturated carbocycles. The highest BCUT2D eigenvalue weighted by atomic mass is 35.5. The third kappa shape index (κ3) is 5.88. The molecule has 0 spiro atoms. The summed E-state index contributed by atoms with van der Waals surface area (Å²) in [5, 5.41) is -0.0980. The van der Waals surface area contributed by atoms with Crippen LogP contribution in [0.5, 0.6) is 17.2 Å². The molecule has 14 heteroatoms. The first-order chi connectivity index (χ1) is 20.9. The number of Topliss-reactive ketones (excluding diaryl/α,β-unsaturated/α-hetero) is 1. The predicted octanol–water partition coefficient (Wildman–Crippen LogP) is 4.03. The first-order valence-electron chi connectivity index (χ1n) is 13.0. The van der Waals surface area contributed by atoms with E-state index in [2.05, 4.69) is 0 Å². The number of benzene rings is 3. The molecule has 0 aliphatic rings. The number of carbonyl (C=O) groups is 2. The number of sulfonamides is 1. The summed E-state index contributed by atoms with van der Waals surface area (Å²) in [5.74, 6) is -0.876. The van der Waals surface area contributed by atoms with Crippen molar-refractivity contribution in [2.75, 3.05) is 39.3 Å². The van der Waals surface area contributed by atoms with Crippen LogP contribution in [0.1, 0.15) is 26.4 Å². The van der Waals surface area contributed by atoms with Crippen LogP contribution in [0.4, 0.5) is 5.69 Å². The molecule has 0 saturated heterocycles. The summed E-state index contributed by atoms with van der Waals surface area (Å²) < 4.78 is 52.1. The van der Waals surface area contributed by atoms with Gasteiger partial charge in [-0.25, -0.2) is 17.9 Å². The molecule has 0 radical (unpaired) electrons. The summed E-state index contributed by atoms with van der Waals surface area (Å²) >= 11 is 6.23. The number of hydrogen-bond donors (Lipinski definition) is 0. The van der Waals surface area contributed by atoms with Gasteiger partial charge in [0.05, 0.1) is 48.2 Å². The Morgan fingerprint density at radius 2 is 1.55 bits per heavy atom. The fraction of sp³-hybridized carbons (Fsp3) is 0.233. The smallest absolute Gasteiger partial charge is 0.340 e. The van der Waals surface area contributed by atoms with E-state index in [4.69, 9.17) is 30.5 Å². The highest BCUT2D eigenvalue weighted by Crippen LogP contribution is 2.38. The molecule has 232 valence electrons. The highest BCUT2D eigenvalue weighted by Gasteiger charge is 2.30. The van der Waals surface area contributed by atoms with Crippen LogP contribution in [0.2, 0.25) is 5.02 Å². The Morgan fingerprint density at radius 1 is 0.932 bits per heavy atom. The Morgan fingerprint density at radius 3 is 2.11 bits per heavy atom. The van der Waals surface area contributed by atoms with E-state index in [0.717, 1.165) is 10.4 Å². The molecule has 0 unspecified atom stereocenters. The lowest BCUT2D eigenvalue weighted by Gasteiger charge is -2.19. The van der Waals surface area contributed by atoms with Crippen molar-refractivity contribution in [1.29, 1.82) is 0 Å². The third-order valence-corrected chi connectivity index (χ3v) is 9.06. The molecule has 0 aliphatic heterocycles. The molecule has 1 heterocycles. The molecule has 44 heavy (non-hydrogen) atoms. The second kappa shape index (κ2) is 12.9. The van der Waals surface area contributed by atoms with E-state index in [-0.39, 0.29) is 44.0 Å². The zero-order chi connectivity index (χ0) is 32.3. The van der Waals surface area contributed by atoms with Crippen molar-refractivity contribution in [3.8, 4) is 22.9 Å². The van der Waals surface area contributed by atoms with Crippen molar-refractivity contribution in [2.45, 2.75) is 11.8 Å². The monoisotopic (exact) mass is 643 g/mol. The molecule has 1 aromatic heterocycles. The number of esters is 1. The fourth-order valence-electron chi connectivity index (χ4n) is 4.55. The van der Waals surface area contributed by atoms with Crippen LogP contribution in [-0.4, -0.2) is 64.5 Å². The Hall–Kier alpha value is -4.75. The minimum atomic E-state index is -4.36. The van der Waals surface area contributed by atoms with Crippen molar-refractivity contribution in [2.24, 2.45) is 7.05 Å². The molecule has 0 atom stereocenters. The zero-order valence-corrected chi connectivity index (χ0v) is 26.4. The van der Waals surface area contributed by atoms with Gasteiger partial charge in [0, 0.05) is 19.7 Å². The summed E-state index contributed by atoms with van der Waals surface area (Å²) in [5.41, 5.74) is 0.148. The van der Waals surface area contributed by atoms with Gasteiger partial charge < -0.3 is 18.9 Å². The molecule has 4 rings (SSSR count). The first kappa shape index (κ1) is 32.2. The van der Waals surface area contributed by atoms with E-state index >= 15 is 0 Å². The van der Waals surface area contributed by atoms with E-state index in [0.29, 0.717) is 11.4 Å². The number of methoxy groups -OCH3 is 3. The Balaban J connectivity index is 1.60. The number of halogens is 1. The number of anilines is 1. The van der Waals surface area contributed by atoms with Gasteiger partial charge in [-0.05, 0) is 49.4 Å². The average Bonchev–Trinajstić information content (AvgIpc) is 3.25. The van der Waals surface area contributed by atoms with E-state index < -0.39 is 33.9 Å². The lowest BCUT2D eigenvalue weighted by molar-refractivity contribution is 0.0474. The summed E-state index contributed by atoms with van der Waals surface area (Å²) in [6.45, 7) is 0.935. The second-order valence-corrected chi connectivity index (χ2v) is 11.8. The maximum absolute atomic E-state index is 13.7. The molecule has 0 N–H and O–H groups in total. The molecule has 0 aliphatic carbocycles. The number of nitrogens with zero attached hydrogens (tertiary/aromatic N) is 3. The summed E-state index contributed by atoms with van der Waals surface area (Å²) in [6, 6.07) is 15.1. The number of ether oxygens (including phenoxy) is 4. The molecule has 4 aromatic rings. The molecule has 3 aromatic carbocycles. The van der Waals surface area contributed by atoms with Crippen LogP contribution < -0.4 is 24.1 Å². The number of aromatic nitrogens is 2. The van der Waals surface area contributed by atoms with Gasteiger partial charge in [-0.15, -0.1) is 0 Å². The molecule has 0 fully saturated rings. The predicted molar refractivity (Wildman–Crippen MR) is 163 cm³/mol. The Labute approximate surface area is 258 Å². The van der Waals surface area contributed by atoms with Gasteiger partial charge in [-0.3, -0.25) is 18.6 Å². The Bertz CT molecular complexity index is 1880.